The smallest absolute Gasteiger partial charge is 0.395 e. The molecule has 0 fully saturated rings. The molecule has 4 rings (SSSR count). The molecule has 4 aromatic rings. The highest BCUT2D eigenvalue weighted by molar-refractivity contribution is 5.95. The maximum absolute atomic E-state index is 13.8. The van der Waals surface area contributed by atoms with E-state index in [4.69, 9.17) is 5.11 Å². The lowest BCUT2D eigenvalue weighted by atomic mass is 10.1. The average molecular weight is 522 g/mol. The predicted octanol–water partition coefficient (Wildman–Crippen LogP) is 4.59. The first-order valence-electron chi connectivity index (χ1n) is 10.5. The number of aliphatic hydroxyl groups excluding tert-OH is 1. The van der Waals surface area contributed by atoms with Crippen molar-refractivity contribution in [1.82, 2.24) is 25.3 Å². The van der Waals surface area contributed by atoms with E-state index in [-0.39, 0.29) is 35.9 Å². The fraction of sp³-hybridized carbons (Fsp3) is 0.174. The van der Waals surface area contributed by atoms with Crippen molar-refractivity contribution < 1.29 is 36.2 Å². The Kier molecular flexibility index (Phi) is 6.94. The van der Waals surface area contributed by atoms with Crippen LogP contribution in [0.1, 0.15) is 21.5 Å². The molecule has 0 aromatic carbocycles. The SMILES string of the molecule is O=C(NCCO)c1cnc(-c2ccc3c(Nc4ccc(C(F)(F)F)cn4)ccnc3n2)c(C(F)(F)F)c1. The summed E-state index contributed by atoms with van der Waals surface area (Å²) >= 11 is 0. The first kappa shape index (κ1) is 25.8. The average Bonchev–Trinajstić information content (AvgIpc) is 2.86. The van der Waals surface area contributed by atoms with Crippen molar-refractivity contribution >= 4 is 28.4 Å². The van der Waals surface area contributed by atoms with Gasteiger partial charge in [-0.1, -0.05) is 0 Å². The summed E-state index contributed by atoms with van der Waals surface area (Å²) in [7, 11) is 0. The second-order valence-electron chi connectivity index (χ2n) is 7.58. The molecule has 37 heavy (non-hydrogen) atoms. The Morgan fingerprint density at radius 2 is 1.70 bits per heavy atom. The molecule has 0 spiro atoms. The Morgan fingerprint density at radius 3 is 2.35 bits per heavy atom. The number of nitrogens with zero attached hydrogens (tertiary/aromatic N) is 4. The van der Waals surface area contributed by atoms with Gasteiger partial charge >= 0.3 is 12.4 Å². The minimum absolute atomic E-state index is 0.0362. The maximum Gasteiger partial charge on any atom is 0.418 e. The van der Waals surface area contributed by atoms with Crippen LogP contribution >= 0.6 is 0 Å². The zero-order chi connectivity index (χ0) is 26.8. The van der Waals surface area contributed by atoms with E-state index in [1.54, 1.807) is 0 Å². The quantitative estimate of drug-likeness (QED) is 0.318. The molecule has 0 saturated carbocycles. The number of anilines is 2. The Balaban J connectivity index is 1.69. The van der Waals surface area contributed by atoms with Gasteiger partial charge in [0.15, 0.2) is 5.65 Å². The van der Waals surface area contributed by atoms with Crippen LogP contribution in [0.3, 0.4) is 0 Å². The molecule has 8 nitrogen and oxygen atoms in total. The molecular weight excluding hydrogens is 506 g/mol. The highest BCUT2D eigenvalue weighted by atomic mass is 19.4. The maximum atomic E-state index is 13.8. The number of fused-ring (bicyclic) bond motifs is 1. The van der Waals surface area contributed by atoms with Gasteiger partial charge in [0, 0.05) is 30.5 Å². The fourth-order valence-corrected chi connectivity index (χ4v) is 3.32. The molecule has 0 atom stereocenters. The number of carbonyl (C=O) groups excluding carboxylic acids is 1. The lowest BCUT2D eigenvalue weighted by Gasteiger charge is -2.14. The molecule has 0 radical (unpaired) electrons. The summed E-state index contributed by atoms with van der Waals surface area (Å²) in [5, 5.41) is 14.3. The third kappa shape index (κ3) is 5.74. The third-order valence-electron chi connectivity index (χ3n) is 5.05. The highest BCUT2D eigenvalue weighted by Crippen LogP contribution is 2.37. The topological polar surface area (TPSA) is 113 Å². The van der Waals surface area contributed by atoms with E-state index >= 15 is 0 Å². The first-order chi connectivity index (χ1) is 17.5. The van der Waals surface area contributed by atoms with Crippen molar-refractivity contribution in [2.45, 2.75) is 12.4 Å². The summed E-state index contributed by atoms with van der Waals surface area (Å²) in [6, 6.07) is 6.84. The zero-order valence-corrected chi connectivity index (χ0v) is 18.5. The van der Waals surface area contributed by atoms with Crippen LogP contribution in [0.5, 0.6) is 0 Å². The highest BCUT2D eigenvalue weighted by Gasteiger charge is 2.36. The number of aromatic nitrogens is 4. The van der Waals surface area contributed by atoms with Crippen LogP contribution in [0.4, 0.5) is 37.8 Å². The molecule has 0 aliphatic carbocycles. The van der Waals surface area contributed by atoms with Crippen molar-refractivity contribution in [3.63, 3.8) is 0 Å². The van der Waals surface area contributed by atoms with Gasteiger partial charge in [-0.3, -0.25) is 9.78 Å². The summed E-state index contributed by atoms with van der Waals surface area (Å²) in [4.78, 5) is 27.8. The normalized spacial score (nSPS) is 12.0. The van der Waals surface area contributed by atoms with Gasteiger partial charge in [-0.15, -0.1) is 0 Å². The second kappa shape index (κ2) is 9.97. The Hall–Kier alpha value is -4.33. The first-order valence-corrected chi connectivity index (χ1v) is 10.5. The van der Waals surface area contributed by atoms with Crippen LogP contribution < -0.4 is 10.6 Å². The monoisotopic (exact) mass is 522 g/mol. The lowest BCUT2D eigenvalue weighted by Crippen LogP contribution is -2.27. The number of pyridine rings is 4. The van der Waals surface area contributed by atoms with Crippen LogP contribution in [0.25, 0.3) is 22.4 Å². The van der Waals surface area contributed by atoms with Crippen molar-refractivity contribution in [3.05, 3.63) is 71.7 Å². The van der Waals surface area contributed by atoms with Crippen molar-refractivity contribution in [1.29, 1.82) is 0 Å². The number of carbonyl (C=O) groups is 1. The molecule has 4 aromatic heterocycles. The van der Waals surface area contributed by atoms with Crippen molar-refractivity contribution in [2.75, 3.05) is 18.5 Å². The minimum atomic E-state index is -4.86. The molecule has 0 aliphatic rings. The largest absolute Gasteiger partial charge is 0.418 e. The van der Waals surface area contributed by atoms with E-state index in [1.807, 2.05) is 0 Å². The summed E-state index contributed by atoms with van der Waals surface area (Å²) in [5.41, 5.74) is -2.77. The molecule has 3 N–H and O–H groups in total. The van der Waals surface area contributed by atoms with Gasteiger partial charge in [-0.05, 0) is 36.4 Å². The van der Waals surface area contributed by atoms with Gasteiger partial charge in [-0.2, -0.15) is 26.3 Å². The number of halogens is 6. The summed E-state index contributed by atoms with van der Waals surface area (Å²) in [6.07, 6.45) is -6.46. The molecular formula is C23H16F6N6O2. The summed E-state index contributed by atoms with van der Waals surface area (Å²) < 4.78 is 79.7. The molecule has 0 saturated heterocycles. The number of hydrogen-bond acceptors (Lipinski definition) is 7. The summed E-state index contributed by atoms with van der Waals surface area (Å²) in [6.45, 7) is -0.526. The van der Waals surface area contributed by atoms with Crippen LogP contribution in [0.15, 0.2) is 55.0 Å². The van der Waals surface area contributed by atoms with E-state index in [9.17, 15) is 31.1 Å². The summed E-state index contributed by atoms with van der Waals surface area (Å²) in [5.74, 6) is -0.736. The molecule has 4 heterocycles. The Bertz CT molecular complexity index is 1440. The molecule has 0 unspecified atom stereocenters. The second-order valence-corrected chi connectivity index (χ2v) is 7.58. The number of aliphatic hydroxyl groups is 1. The minimum Gasteiger partial charge on any atom is -0.395 e. The van der Waals surface area contributed by atoms with Gasteiger partial charge in [0.05, 0.1) is 34.7 Å². The number of rotatable bonds is 6. The van der Waals surface area contributed by atoms with E-state index in [2.05, 4.69) is 30.6 Å². The van der Waals surface area contributed by atoms with Gasteiger partial charge in [0.1, 0.15) is 11.5 Å². The van der Waals surface area contributed by atoms with Gasteiger partial charge in [0.25, 0.3) is 5.91 Å². The molecule has 14 heteroatoms. The van der Waals surface area contributed by atoms with Gasteiger partial charge in [-0.25, -0.2) is 15.0 Å². The molecule has 1 amide bonds. The number of alkyl halides is 6. The molecule has 192 valence electrons. The third-order valence-corrected chi connectivity index (χ3v) is 5.05. The predicted molar refractivity (Wildman–Crippen MR) is 120 cm³/mol. The van der Waals surface area contributed by atoms with E-state index in [0.717, 1.165) is 18.3 Å². The van der Waals surface area contributed by atoms with Gasteiger partial charge in [0.2, 0.25) is 0 Å². The van der Waals surface area contributed by atoms with E-state index in [0.29, 0.717) is 23.3 Å². The van der Waals surface area contributed by atoms with Crippen LogP contribution in [0.2, 0.25) is 0 Å². The zero-order valence-electron chi connectivity index (χ0n) is 18.5. The van der Waals surface area contributed by atoms with Crippen molar-refractivity contribution in [2.24, 2.45) is 0 Å². The molecule has 0 bridgehead atoms. The van der Waals surface area contributed by atoms with E-state index in [1.165, 1.54) is 24.4 Å². The van der Waals surface area contributed by atoms with Crippen LogP contribution in [0, 0.1) is 0 Å². The van der Waals surface area contributed by atoms with Crippen molar-refractivity contribution in [3.8, 4) is 11.4 Å². The van der Waals surface area contributed by atoms with Crippen LogP contribution in [-0.2, 0) is 12.4 Å². The number of amides is 1. The lowest BCUT2D eigenvalue weighted by molar-refractivity contribution is -0.138. The fourth-order valence-electron chi connectivity index (χ4n) is 3.32. The van der Waals surface area contributed by atoms with Crippen LogP contribution in [-0.4, -0.2) is 44.1 Å². The standard InChI is InChI=1S/C23H16F6N6O2/c24-22(25,26)13-1-4-18(32-11-13)34-16-5-6-30-20-14(16)2-3-17(35-20)19-15(23(27,28)29)9-12(10-33-19)21(37)31-7-8-36/h1-6,9-11,36H,7-8H2,(H,31,37)(H,30,32,34,35). The van der Waals surface area contributed by atoms with Gasteiger partial charge < -0.3 is 15.7 Å². The Labute approximate surface area is 204 Å². The molecule has 0 aliphatic heterocycles. The number of hydrogen-bond donors (Lipinski definition) is 3. The number of nitrogens with one attached hydrogen (secondary N) is 2. The van der Waals surface area contributed by atoms with E-state index < -0.39 is 35.1 Å². The Morgan fingerprint density at radius 1 is 0.919 bits per heavy atom.